The molecule has 1 aromatic heterocycles. The van der Waals surface area contributed by atoms with Crippen molar-refractivity contribution in [3.05, 3.63) is 57.2 Å². The second-order valence-electron chi connectivity index (χ2n) is 5.27. The number of carbonyl (C=O) groups excluding carboxylic acids is 3. The summed E-state index contributed by atoms with van der Waals surface area (Å²) in [5.41, 5.74) is 1.12. The lowest BCUT2D eigenvalue weighted by Gasteiger charge is -2.06. The Labute approximate surface area is 154 Å². The second kappa shape index (κ2) is 9.96. The molecular formula is C18H18ClNO4S. The first kappa shape index (κ1) is 19.1. The van der Waals surface area contributed by atoms with Gasteiger partial charge in [-0.1, -0.05) is 41.9 Å². The summed E-state index contributed by atoms with van der Waals surface area (Å²) in [7, 11) is 0. The standard InChI is InChI=1S/C18H18ClNO4S/c19-16-8-7-15(25-16)14(21)6-9-18(23)24-12-17(22)20-11-10-13-4-2-1-3-5-13/h1-5,7-8H,6,9-12H2,(H,20,22). The molecule has 0 aliphatic rings. The van der Waals surface area contributed by atoms with Crippen molar-refractivity contribution in [1.29, 1.82) is 0 Å². The molecule has 1 N–H and O–H groups in total. The van der Waals surface area contributed by atoms with Crippen LogP contribution in [0.15, 0.2) is 42.5 Å². The monoisotopic (exact) mass is 379 g/mol. The van der Waals surface area contributed by atoms with Gasteiger partial charge < -0.3 is 10.1 Å². The molecule has 0 aliphatic heterocycles. The maximum absolute atomic E-state index is 11.8. The summed E-state index contributed by atoms with van der Waals surface area (Å²) in [5.74, 6) is -1.10. The number of thiophene rings is 1. The van der Waals surface area contributed by atoms with Crippen molar-refractivity contribution in [2.24, 2.45) is 0 Å². The summed E-state index contributed by atoms with van der Waals surface area (Å²) in [6.45, 7) is 0.130. The molecular weight excluding hydrogens is 362 g/mol. The Morgan fingerprint density at radius 2 is 1.80 bits per heavy atom. The minimum Gasteiger partial charge on any atom is -0.456 e. The highest BCUT2D eigenvalue weighted by Crippen LogP contribution is 2.22. The second-order valence-corrected chi connectivity index (χ2v) is 6.99. The molecule has 0 saturated heterocycles. The highest BCUT2D eigenvalue weighted by atomic mass is 35.5. The largest absolute Gasteiger partial charge is 0.456 e. The molecule has 0 unspecified atom stereocenters. The molecule has 0 atom stereocenters. The maximum atomic E-state index is 11.8. The van der Waals surface area contributed by atoms with E-state index in [1.165, 1.54) is 11.3 Å². The summed E-state index contributed by atoms with van der Waals surface area (Å²) in [6, 6.07) is 13.0. The maximum Gasteiger partial charge on any atom is 0.306 e. The van der Waals surface area contributed by atoms with E-state index in [2.05, 4.69) is 5.32 Å². The van der Waals surface area contributed by atoms with E-state index in [9.17, 15) is 14.4 Å². The molecule has 25 heavy (non-hydrogen) atoms. The lowest BCUT2D eigenvalue weighted by Crippen LogP contribution is -2.30. The number of ether oxygens (including phenoxy) is 1. The molecule has 0 bridgehead atoms. The van der Waals surface area contributed by atoms with Crippen molar-refractivity contribution in [2.45, 2.75) is 19.3 Å². The van der Waals surface area contributed by atoms with Gasteiger partial charge in [-0.25, -0.2) is 0 Å². The molecule has 2 aromatic rings. The van der Waals surface area contributed by atoms with Crippen molar-refractivity contribution in [3.63, 3.8) is 0 Å². The van der Waals surface area contributed by atoms with Gasteiger partial charge in [0, 0.05) is 13.0 Å². The number of carbonyl (C=O) groups is 3. The van der Waals surface area contributed by atoms with Crippen molar-refractivity contribution in [1.82, 2.24) is 5.32 Å². The first-order chi connectivity index (χ1) is 12.0. The van der Waals surface area contributed by atoms with Crippen LogP contribution in [0.3, 0.4) is 0 Å². The van der Waals surface area contributed by atoms with Gasteiger partial charge >= 0.3 is 5.97 Å². The van der Waals surface area contributed by atoms with E-state index in [4.69, 9.17) is 16.3 Å². The molecule has 0 spiro atoms. The van der Waals surface area contributed by atoms with Crippen LogP contribution in [0, 0.1) is 0 Å². The minimum absolute atomic E-state index is 0.0330. The van der Waals surface area contributed by atoms with Gasteiger partial charge in [0.25, 0.3) is 5.91 Å². The van der Waals surface area contributed by atoms with Gasteiger partial charge in [0.2, 0.25) is 0 Å². The molecule has 1 aromatic carbocycles. The summed E-state index contributed by atoms with van der Waals surface area (Å²) in [4.78, 5) is 35.6. The third-order valence-corrected chi connectivity index (χ3v) is 4.62. The van der Waals surface area contributed by atoms with Crippen molar-refractivity contribution in [2.75, 3.05) is 13.2 Å². The molecule has 0 radical (unpaired) electrons. The molecule has 0 aliphatic carbocycles. The quantitative estimate of drug-likeness (QED) is 0.536. The fourth-order valence-electron chi connectivity index (χ4n) is 2.06. The van der Waals surface area contributed by atoms with Crippen LogP contribution in [-0.4, -0.2) is 30.8 Å². The van der Waals surface area contributed by atoms with E-state index in [1.54, 1.807) is 12.1 Å². The normalized spacial score (nSPS) is 10.3. The van der Waals surface area contributed by atoms with E-state index >= 15 is 0 Å². The van der Waals surface area contributed by atoms with Gasteiger partial charge in [-0.05, 0) is 24.1 Å². The van der Waals surface area contributed by atoms with Crippen LogP contribution < -0.4 is 5.32 Å². The van der Waals surface area contributed by atoms with Crippen molar-refractivity contribution in [3.8, 4) is 0 Å². The lowest BCUT2D eigenvalue weighted by atomic mass is 10.1. The summed E-state index contributed by atoms with van der Waals surface area (Å²) < 4.78 is 5.40. The molecule has 1 amide bonds. The lowest BCUT2D eigenvalue weighted by molar-refractivity contribution is -0.148. The predicted molar refractivity (Wildman–Crippen MR) is 97.0 cm³/mol. The number of esters is 1. The molecule has 0 saturated carbocycles. The van der Waals surface area contributed by atoms with Crippen LogP contribution >= 0.6 is 22.9 Å². The summed E-state index contributed by atoms with van der Waals surface area (Å²) in [6.07, 6.45) is 0.676. The van der Waals surface area contributed by atoms with Gasteiger partial charge in [0.15, 0.2) is 12.4 Å². The van der Waals surface area contributed by atoms with E-state index < -0.39 is 5.97 Å². The summed E-state index contributed by atoms with van der Waals surface area (Å²) >= 11 is 6.94. The summed E-state index contributed by atoms with van der Waals surface area (Å²) in [5, 5.41) is 2.68. The molecule has 0 fully saturated rings. The Kier molecular flexibility index (Phi) is 7.63. The third kappa shape index (κ3) is 7.07. The predicted octanol–water partition coefficient (Wildman–Crippen LogP) is 3.27. The van der Waals surface area contributed by atoms with Crippen LogP contribution in [0.5, 0.6) is 0 Å². The molecule has 132 valence electrons. The van der Waals surface area contributed by atoms with Crippen LogP contribution in [0.1, 0.15) is 28.1 Å². The number of ketones is 1. The number of Topliss-reactive ketones (excluding diaryl/α,β-unsaturated/α-hetero) is 1. The fraction of sp³-hybridized carbons (Fsp3) is 0.278. The highest BCUT2D eigenvalue weighted by molar-refractivity contribution is 7.18. The van der Waals surface area contributed by atoms with Gasteiger partial charge in [0.05, 0.1) is 15.6 Å². The number of hydrogen-bond donors (Lipinski definition) is 1. The molecule has 5 nitrogen and oxygen atoms in total. The minimum atomic E-state index is -0.575. The average molecular weight is 380 g/mol. The molecule has 7 heteroatoms. The fourth-order valence-corrected chi connectivity index (χ4v) is 3.07. The Bertz CT molecular complexity index is 730. The zero-order valence-corrected chi connectivity index (χ0v) is 15.1. The van der Waals surface area contributed by atoms with Gasteiger partial charge in [-0.2, -0.15) is 0 Å². The van der Waals surface area contributed by atoms with E-state index in [0.717, 1.165) is 5.56 Å². The molecule has 1 heterocycles. The average Bonchev–Trinajstić information content (AvgIpc) is 3.05. The Balaban J connectivity index is 1.59. The molecule has 2 rings (SSSR count). The van der Waals surface area contributed by atoms with Gasteiger partial charge in [0.1, 0.15) is 0 Å². The number of benzene rings is 1. The Morgan fingerprint density at radius 3 is 2.48 bits per heavy atom. The van der Waals surface area contributed by atoms with Crippen LogP contribution in [0.25, 0.3) is 0 Å². The zero-order valence-electron chi connectivity index (χ0n) is 13.5. The first-order valence-corrected chi connectivity index (χ1v) is 8.99. The Hall–Kier alpha value is -2.18. The highest BCUT2D eigenvalue weighted by Gasteiger charge is 2.13. The van der Waals surface area contributed by atoms with Gasteiger partial charge in [-0.3, -0.25) is 14.4 Å². The SMILES string of the molecule is O=C(COC(=O)CCC(=O)c1ccc(Cl)s1)NCCc1ccccc1. The van der Waals surface area contributed by atoms with E-state index in [1.807, 2.05) is 30.3 Å². The van der Waals surface area contributed by atoms with Crippen LogP contribution in [0.2, 0.25) is 4.34 Å². The van der Waals surface area contributed by atoms with Crippen molar-refractivity contribution < 1.29 is 19.1 Å². The van der Waals surface area contributed by atoms with E-state index in [-0.39, 0.29) is 31.1 Å². The number of amides is 1. The smallest absolute Gasteiger partial charge is 0.306 e. The third-order valence-electron chi connectivity index (χ3n) is 3.35. The topological polar surface area (TPSA) is 72.5 Å². The van der Waals surface area contributed by atoms with Crippen molar-refractivity contribution >= 4 is 40.6 Å². The first-order valence-electron chi connectivity index (χ1n) is 7.79. The van der Waals surface area contributed by atoms with Crippen LogP contribution in [-0.2, 0) is 20.7 Å². The number of hydrogen-bond acceptors (Lipinski definition) is 5. The number of nitrogens with one attached hydrogen (secondary N) is 1. The zero-order chi connectivity index (χ0) is 18.1. The van der Waals surface area contributed by atoms with Crippen LogP contribution in [0.4, 0.5) is 0 Å². The van der Waals surface area contributed by atoms with Gasteiger partial charge in [-0.15, -0.1) is 11.3 Å². The number of rotatable bonds is 9. The Morgan fingerprint density at radius 1 is 1.04 bits per heavy atom. The van der Waals surface area contributed by atoms with E-state index in [0.29, 0.717) is 22.2 Å². The number of halogens is 1.